The Labute approximate surface area is 149 Å². The fraction of sp³-hybridized carbons (Fsp3) is 0.429. The van der Waals surface area contributed by atoms with E-state index in [0.717, 1.165) is 44.8 Å². The maximum absolute atomic E-state index is 10.7. The van der Waals surface area contributed by atoms with Crippen LogP contribution in [0.3, 0.4) is 0 Å². The lowest BCUT2D eigenvalue weighted by molar-refractivity contribution is 0.0395. The molecule has 2 aliphatic rings. The van der Waals surface area contributed by atoms with Gasteiger partial charge in [-0.1, -0.05) is 36.4 Å². The molecule has 0 unspecified atom stereocenters. The lowest BCUT2D eigenvalue weighted by Crippen LogP contribution is -2.56. The molecular formula is C21H26N2O2. The number of methoxy groups -OCH3 is 1. The number of benzene rings is 2. The van der Waals surface area contributed by atoms with Crippen LogP contribution >= 0.6 is 0 Å². The van der Waals surface area contributed by atoms with Crippen LogP contribution in [0.1, 0.15) is 11.1 Å². The Balaban J connectivity index is 1.44. The fourth-order valence-corrected chi connectivity index (χ4v) is 4.24. The van der Waals surface area contributed by atoms with E-state index in [4.69, 9.17) is 4.74 Å². The Morgan fingerprint density at radius 1 is 0.880 bits per heavy atom. The zero-order valence-electron chi connectivity index (χ0n) is 14.8. The highest BCUT2D eigenvalue weighted by molar-refractivity contribution is 5.58. The van der Waals surface area contributed by atoms with Gasteiger partial charge in [-0.2, -0.15) is 0 Å². The molecule has 0 aromatic heterocycles. The first-order valence-electron chi connectivity index (χ1n) is 9.13. The van der Waals surface area contributed by atoms with Crippen molar-refractivity contribution in [3.8, 4) is 5.75 Å². The van der Waals surface area contributed by atoms with E-state index in [1.807, 2.05) is 12.1 Å². The molecule has 4 rings (SSSR count). The quantitative estimate of drug-likeness (QED) is 0.932. The van der Waals surface area contributed by atoms with Crippen LogP contribution in [-0.4, -0.2) is 55.4 Å². The minimum atomic E-state index is -0.271. The first-order valence-corrected chi connectivity index (χ1v) is 9.13. The van der Waals surface area contributed by atoms with Gasteiger partial charge in [0.25, 0.3) is 0 Å². The van der Waals surface area contributed by atoms with Gasteiger partial charge < -0.3 is 14.7 Å². The third kappa shape index (κ3) is 3.24. The fourth-order valence-electron chi connectivity index (χ4n) is 4.24. The maximum atomic E-state index is 10.7. The summed E-state index contributed by atoms with van der Waals surface area (Å²) in [6, 6.07) is 17.0. The minimum absolute atomic E-state index is 0.231. The molecule has 25 heavy (non-hydrogen) atoms. The molecule has 0 spiro atoms. The lowest BCUT2D eigenvalue weighted by atomic mass is 9.85. The van der Waals surface area contributed by atoms with Crippen LogP contribution in [0.25, 0.3) is 0 Å². The second-order valence-electron chi connectivity index (χ2n) is 7.01. The van der Waals surface area contributed by atoms with Crippen molar-refractivity contribution in [2.75, 3.05) is 38.2 Å². The standard InChI is InChI=1S/C21H26N2O2/c1-25-21-9-5-4-8-18(21)22-10-12-23(13-11-22)19-14-16-6-2-3-7-17(16)15-20(19)24/h2-9,19-20,24H,10-15H2,1H3/t19-,20-/m1/s1. The van der Waals surface area contributed by atoms with Gasteiger partial charge in [0.1, 0.15) is 5.75 Å². The summed E-state index contributed by atoms with van der Waals surface area (Å²) in [5.41, 5.74) is 3.86. The van der Waals surface area contributed by atoms with Gasteiger partial charge in [0.05, 0.1) is 18.9 Å². The third-order valence-electron chi connectivity index (χ3n) is 5.63. The highest BCUT2D eigenvalue weighted by atomic mass is 16.5. The van der Waals surface area contributed by atoms with Gasteiger partial charge in [-0.05, 0) is 29.7 Å². The number of aliphatic hydroxyl groups excluding tert-OH is 1. The number of anilines is 1. The van der Waals surface area contributed by atoms with E-state index in [0.29, 0.717) is 0 Å². The van der Waals surface area contributed by atoms with Crippen molar-refractivity contribution >= 4 is 5.69 Å². The maximum Gasteiger partial charge on any atom is 0.142 e. The van der Waals surface area contributed by atoms with Gasteiger partial charge in [-0.25, -0.2) is 0 Å². The zero-order valence-corrected chi connectivity index (χ0v) is 14.8. The number of piperazine rings is 1. The average Bonchev–Trinajstić information content (AvgIpc) is 2.67. The van der Waals surface area contributed by atoms with Crippen LogP contribution in [0.4, 0.5) is 5.69 Å². The second kappa shape index (κ2) is 7.06. The molecule has 0 bridgehead atoms. The summed E-state index contributed by atoms with van der Waals surface area (Å²) in [5.74, 6) is 0.933. The van der Waals surface area contributed by atoms with E-state index in [-0.39, 0.29) is 12.1 Å². The number of aliphatic hydroxyl groups is 1. The molecule has 4 nitrogen and oxygen atoms in total. The van der Waals surface area contributed by atoms with Crippen LogP contribution in [0, 0.1) is 0 Å². The number of para-hydroxylation sites is 2. The smallest absolute Gasteiger partial charge is 0.142 e. The first kappa shape index (κ1) is 16.4. The van der Waals surface area contributed by atoms with Gasteiger partial charge >= 0.3 is 0 Å². The molecule has 2 aromatic rings. The van der Waals surface area contributed by atoms with Gasteiger partial charge in [-0.15, -0.1) is 0 Å². The predicted octanol–water partition coefficient (Wildman–Crippen LogP) is 2.35. The third-order valence-corrected chi connectivity index (χ3v) is 5.63. The van der Waals surface area contributed by atoms with Gasteiger partial charge in [0.15, 0.2) is 0 Å². The van der Waals surface area contributed by atoms with Crippen LogP contribution in [-0.2, 0) is 12.8 Å². The van der Waals surface area contributed by atoms with E-state index < -0.39 is 0 Å². The number of fused-ring (bicyclic) bond motifs is 1. The van der Waals surface area contributed by atoms with Crippen molar-refractivity contribution < 1.29 is 9.84 Å². The summed E-state index contributed by atoms with van der Waals surface area (Å²) in [5, 5.41) is 10.7. The molecule has 4 heteroatoms. The number of rotatable bonds is 3. The molecule has 1 aliphatic heterocycles. The van der Waals surface area contributed by atoms with Gasteiger partial charge in [0, 0.05) is 38.6 Å². The first-order chi connectivity index (χ1) is 12.3. The molecule has 1 aliphatic carbocycles. The topological polar surface area (TPSA) is 35.9 Å². The largest absolute Gasteiger partial charge is 0.495 e. The van der Waals surface area contributed by atoms with E-state index in [9.17, 15) is 5.11 Å². The summed E-state index contributed by atoms with van der Waals surface area (Å²) in [6.07, 6.45) is 1.45. The van der Waals surface area contributed by atoms with E-state index in [1.165, 1.54) is 16.8 Å². The molecule has 0 radical (unpaired) electrons. The Morgan fingerprint density at radius 3 is 2.24 bits per heavy atom. The SMILES string of the molecule is COc1ccccc1N1CCN([C@@H]2Cc3ccccc3C[C@H]2O)CC1. The Morgan fingerprint density at radius 2 is 1.52 bits per heavy atom. The molecule has 1 fully saturated rings. The molecule has 2 aromatic carbocycles. The highest BCUT2D eigenvalue weighted by Gasteiger charge is 2.33. The molecule has 2 atom stereocenters. The Hall–Kier alpha value is -2.04. The van der Waals surface area contributed by atoms with Crippen LogP contribution in [0.15, 0.2) is 48.5 Å². The highest BCUT2D eigenvalue weighted by Crippen LogP contribution is 2.30. The summed E-state index contributed by atoms with van der Waals surface area (Å²) in [4.78, 5) is 4.85. The van der Waals surface area contributed by atoms with Crippen LogP contribution < -0.4 is 9.64 Å². The monoisotopic (exact) mass is 338 g/mol. The van der Waals surface area contributed by atoms with E-state index in [2.05, 4.69) is 46.2 Å². The number of ether oxygens (including phenoxy) is 1. The van der Waals surface area contributed by atoms with Crippen LogP contribution in [0.5, 0.6) is 5.75 Å². The summed E-state index contributed by atoms with van der Waals surface area (Å²) in [6.45, 7) is 3.88. The van der Waals surface area contributed by atoms with Crippen molar-refractivity contribution in [1.29, 1.82) is 0 Å². The zero-order chi connectivity index (χ0) is 17.2. The number of nitrogens with zero attached hydrogens (tertiary/aromatic N) is 2. The lowest BCUT2D eigenvalue weighted by Gasteiger charge is -2.43. The van der Waals surface area contributed by atoms with Gasteiger partial charge in [-0.3, -0.25) is 4.90 Å². The normalized spacial score (nSPS) is 24.0. The van der Waals surface area contributed by atoms with Crippen molar-refractivity contribution in [3.63, 3.8) is 0 Å². The second-order valence-corrected chi connectivity index (χ2v) is 7.01. The average molecular weight is 338 g/mol. The number of hydrogen-bond acceptors (Lipinski definition) is 4. The number of hydrogen-bond donors (Lipinski definition) is 1. The van der Waals surface area contributed by atoms with Crippen LogP contribution in [0.2, 0.25) is 0 Å². The summed E-state index contributed by atoms with van der Waals surface area (Å²) >= 11 is 0. The molecule has 0 saturated carbocycles. The van der Waals surface area contributed by atoms with E-state index >= 15 is 0 Å². The molecule has 1 heterocycles. The summed E-state index contributed by atoms with van der Waals surface area (Å²) < 4.78 is 5.50. The van der Waals surface area contributed by atoms with Crippen molar-refractivity contribution in [2.45, 2.75) is 25.0 Å². The van der Waals surface area contributed by atoms with Gasteiger partial charge in [0.2, 0.25) is 0 Å². The van der Waals surface area contributed by atoms with Crippen molar-refractivity contribution in [2.24, 2.45) is 0 Å². The molecule has 132 valence electrons. The van der Waals surface area contributed by atoms with Crippen molar-refractivity contribution in [1.82, 2.24) is 4.90 Å². The van der Waals surface area contributed by atoms with E-state index in [1.54, 1.807) is 7.11 Å². The molecular weight excluding hydrogens is 312 g/mol. The molecule has 1 saturated heterocycles. The minimum Gasteiger partial charge on any atom is -0.495 e. The molecule has 0 amide bonds. The predicted molar refractivity (Wildman–Crippen MR) is 100 cm³/mol. The molecule has 1 N–H and O–H groups in total. The Bertz CT molecular complexity index is 725. The summed E-state index contributed by atoms with van der Waals surface area (Å²) in [7, 11) is 1.73. The Kier molecular flexibility index (Phi) is 4.64. The van der Waals surface area contributed by atoms with Crippen molar-refractivity contribution in [3.05, 3.63) is 59.7 Å².